The van der Waals surface area contributed by atoms with Crippen LogP contribution in [0.4, 0.5) is 5.69 Å². The average Bonchev–Trinajstić information content (AvgIpc) is 3.14. The Kier molecular flexibility index (Phi) is 4.99. The zero-order valence-electron chi connectivity index (χ0n) is 17.5. The number of fused-ring (bicyclic) bond motifs is 1. The van der Waals surface area contributed by atoms with E-state index in [4.69, 9.17) is 5.10 Å². The quantitative estimate of drug-likeness (QED) is 0.512. The molecule has 0 unspecified atom stereocenters. The number of anilines is 1. The van der Waals surface area contributed by atoms with Crippen LogP contribution in [0.2, 0.25) is 0 Å². The van der Waals surface area contributed by atoms with Gasteiger partial charge in [0.05, 0.1) is 16.8 Å². The number of para-hydroxylation sites is 1. The van der Waals surface area contributed by atoms with Crippen molar-refractivity contribution in [2.45, 2.75) is 19.8 Å². The zero-order chi connectivity index (χ0) is 21.4. The fourth-order valence-corrected chi connectivity index (χ4v) is 3.57. The molecule has 0 radical (unpaired) electrons. The van der Waals surface area contributed by atoms with Crippen LogP contribution in [0.3, 0.4) is 0 Å². The Bertz CT molecular complexity index is 1210. The summed E-state index contributed by atoms with van der Waals surface area (Å²) in [4.78, 5) is 18.4. The number of aromatic nitrogens is 3. The van der Waals surface area contributed by atoms with E-state index in [9.17, 15) is 9.90 Å². The summed E-state index contributed by atoms with van der Waals surface area (Å²) < 4.78 is 1.74. The number of pyridine rings is 1. The summed E-state index contributed by atoms with van der Waals surface area (Å²) in [5.74, 6) is -0.912. The molecule has 6 nitrogen and oxygen atoms in total. The molecule has 0 saturated heterocycles. The lowest BCUT2D eigenvalue weighted by atomic mass is 9.97. The van der Waals surface area contributed by atoms with Crippen molar-refractivity contribution in [2.75, 3.05) is 19.0 Å². The first-order chi connectivity index (χ1) is 14.4. The molecule has 0 aliphatic carbocycles. The first kappa shape index (κ1) is 19.6. The second-order valence-electron chi connectivity index (χ2n) is 7.79. The maximum absolute atomic E-state index is 11.9. The van der Waals surface area contributed by atoms with Gasteiger partial charge < -0.3 is 10.0 Å². The Morgan fingerprint density at radius 3 is 2.27 bits per heavy atom. The van der Waals surface area contributed by atoms with E-state index in [1.165, 1.54) is 0 Å². The number of aromatic carboxylic acids is 1. The molecule has 4 aromatic rings. The van der Waals surface area contributed by atoms with Crippen LogP contribution in [0.15, 0.2) is 60.7 Å². The highest BCUT2D eigenvalue weighted by Gasteiger charge is 2.22. The van der Waals surface area contributed by atoms with E-state index < -0.39 is 5.97 Å². The Hall–Kier alpha value is -3.67. The molecule has 0 fully saturated rings. The fraction of sp³-hybridized carbons (Fsp3) is 0.208. The lowest BCUT2D eigenvalue weighted by Gasteiger charge is -2.14. The predicted octanol–water partition coefficient (Wildman–Crippen LogP) is 4.98. The highest BCUT2D eigenvalue weighted by Crippen LogP contribution is 2.36. The van der Waals surface area contributed by atoms with Gasteiger partial charge in [0.1, 0.15) is 0 Å². The van der Waals surface area contributed by atoms with Gasteiger partial charge in [0.15, 0.2) is 11.3 Å². The molecule has 1 N–H and O–H groups in total. The first-order valence-corrected chi connectivity index (χ1v) is 9.87. The molecule has 2 aromatic carbocycles. The van der Waals surface area contributed by atoms with Crippen molar-refractivity contribution in [1.82, 2.24) is 14.8 Å². The van der Waals surface area contributed by atoms with Gasteiger partial charge in [0, 0.05) is 19.8 Å². The first-order valence-electron chi connectivity index (χ1n) is 9.87. The van der Waals surface area contributed by atoms with Gasteiger partial charge in [-0.25, -0.2) is 14.5 Å². The fourth-order valence-electron chi connectivity index (χ4n) is 3.57. The van der Waals surface area contributed by atoms with E-state index in [2.05, 4.69) is 18.8 Å². The monoisotopic (exact) mass is 400 g/mol. The summed E-state index contributed by atoms with van der Waals surface area (Å²) in [5, 5.41) is 15.4. The standard InChI is InChI=1S/C24H24N4O2/c1-15(2)22-21-19(16-10-12-17(13-11-16)27(3)4)14-20(24(29)30)25-23(21)28(26-22)18-8-6-5-7-9-18/h5-15H,1-4H3,(H,29,30). The van der Waals surface area contributed by atoms with E-state index >= 15 is 0 Å². The topological polar surface area (TPSA) is 71.2 Å². The van der Waals surface area contributed by atoms with Crippen LogP contribution >= 0.6 is 0 Å². The number of rotatable bonds is 5. The Labute approximate surface area is 175 Å². The molecular weight excluding hydrogens is 376 g/mol. The van der Waals surface area contributed by atoms with Crippen LogP contribution in [0.25, 0.3) is 27.8 Å². The molecule has 0 amide bonds. The molecule has 4 rings (SSSR count). The summed E-state index contributed by atoms with van der Waals surface area (Å²) >= 11 is 0. The molecule has 0 aliphatic rings. The maximum atomic E-state index is 11.9. The second-order valence-corrected chi connectivity index (χ2v) is 7.79. The van der Waals surface area contributed by atoms with Crippen LogP contribution in [0, 0.1) is 0 Å². The minimum Gasteiger partial charge on any atom is -0.477 e. The van der Waals surface area contributed by atoms with Gasteiger partial charge in [-0.15, -0.1) is 0 Å². The number of hydrogen-bond donors (Lipinski definition) is 1. The molecule has 2 aromatic heterocycles. The Morgan fingerprint density at radius 1 is 1.03 bits per heavy atom. The molecule has 0 saturated carbocycles. The normalized spacial score (nSPS) is 11.2. The van der Waals surface area contributed by atoms with Crippen molar-refractivity contribution in [3.05, 3.63) is 72.1 Å². The van der Waals surface area contributed by atoms with E-state index in [-0.39, 0.29) is 11.6 Å². The van der Waals surface area contributed by atoms with Crippen molar-refractivity contribution in [2.24, 2.45) is 0 Å². The molecule has 0 spiro atoms. The zero-order valence-corrected chi connectivity index (χ0v) is 17.5. The van der Waals surface area contributed by atoms with Gasteiger partial charge in [-0.05, 0) is 47.4 Å². The maximum Gasteiger partial charge on any atom is 0.354 e. The molecule has 6 heteroatoms. The Morgan fingerprint density at radius 2 is 1.70 bits per heavy atom. The summed E-state index contributed by atoms with van der Waals surface area (Å²) in [6, 6.07) is 19.4. The predicted molar refractivity (Wildman–Crippen MR) is 120 cm³/mol. The number of carboxylic acids is 1. The molecule has 152 valence electrons. The van der Waals surface area contributed by atoms with Gasteiger partial charge in [-0.3, -0.25) is 0 Å². The molecule has 2 heterocycles. The largest absolute Gasteiger partial charge is 0.477 e. The van der Waals surface area contributed by atoms with Crippen LogP contribution in [-0.2, 0) is 0 Å². The van der Waals surface area contributed by atoms with E-state index in [0.29, 0.717) is 5.65 Å². The van der Waals surface area contributed by atoms with Crippen LogP contribution in [-0.4, -0.2) is 39.9 Å². The molecule has 0 aliphatic heterocycles. The minimum atomic E-state index is -1.06. The van der Waals surface area contributed by atoms with Gasteiger partial charge in [-0.1, -0.05) is 44.2 Å². The smallest absolute Gasteiger partial charge is 0.354 e. The van der Waals surface area contributed by atoms with Crippen molar-refractivity contribution in [3.63, 3.8) is 0 Å². The summed E-state index contributed by atoms with van der Waals surface area (Å²) in [7, 11) is 3.98. The summed E-state index contributed by atoms with van der Waals surface area (Å²) in [6.45, 7) is 4.17. The average molecular weight is 400 g/mol. The van der Waals surface area contributed by atoms with Crippen molar-refractivity contribution >= 4 is 22.7 Å². The summed E-state index contributed by atoms with van der Waals surface area (Å²) in [5.41, 5.74) is 5.13. The molecule has 0 bridgehead atoms. The van der Waals surface area contributed by atoms with Crippen molar-refractivity contribution in [1.29, 1.82) is 0 Å². The van der Waals surface area contributed by atoms with E-state index in [1.807, 2.05) is 73.6 Å². The van der Waals surface area contributed by atoms with Crippen LogP contribution in [0.5, 0.6) is 0 Å². The molecular formula is C24H24N4O2. The highest BCUT2D eigenvalue weighted by atomic mass is 16.4. The third kappa shape index (κ3) is 3.41. The lowest BCUT2D eigenvalue weighted by Crippen LogP contribution is -2.08. The number of carboxylic acid groups (broad SMARTS) is 1. The third-order valence-electron chi connectivity index (χ3n) is 5.13. The van der Waals surface area contributed by atoms with Gasteiger partial charge in [-0.2, -0.15) is 5.10 Å². The van der Waals surface area contributed by atoms with E-state index in [0.717, 1.165) is 33.6 Å². The van der Waals surface area contributed by atoms with Gasteiger partial charge >= 0.3 is 5.97 Å². The minimum absolute atomic E-state index is 0.00146. The SMILES string of the molecule is CC(C)c1nn(-c2ccccc2)c2nc(C(=O)O)cc(-c3ccc(N(C)C)cc3)c12. The second kappa shape index (κ2) is 7.63. The number of benzene rings is 2. The van der Waals surface area contributed by atoms with Crippen LogP contribution in [0.1, 0.15) is 35.9 Å². The van der Waals surface area contributed by atoms with Crippen molar-refractivity contribution < 1.29 is 9.90 Å². The molecule has 30 heavy (non-hydrogen) atoms. The Balaban J connectivity index is 2.06. The number of hydrogen-bond acceptors (Lipinski definition) is 4. The van der Waals surface area contributed by atoms with E-state index in [1.54, 1.807) is 10.7 Å². The van der Waals surface area contributed by atoms with Gasteiger partial charge in [0.2, 0.25) is 0 Å². The summed E-state index contributed by atoms with van der Waals surface area (Å²) in [6.07, 6.45) is 0. The lowest BCUT2D eigenvalue weighted by molar-refractivity contribution is 0.0691. The third-order valence-corrected chi connectivity index (χ3v) is 5.13. The van der Waals surface area contributed by atoms with Crippen LogP contribution < -0.4 is 4.90 Å². The van der Waals surface area contributed by atoms with Gasteiger partial charge in [0.25, 0.3) is 0 Å². The highest BCUT2D eigenvalue weighted by molar-refractivity contribution is 6.00. The number of carbonyl (C=O) groups is 1. The number of nitrogens with zero attached hydrogens (tertiary/aromatic N) is 4. The van der Waals surface area contributed by atoms with Crippen molar-refractivity contribution in [3.8, 4) is 16.8 Å². The molecule has 0 atom stereocenters.